The third-order valence-corrected chi connectivity index (χ3v) is 8.04. The molecule has 0 spiro atoms. The number of thiazole rings is 1. The zero-order valence-electron chi connectivity index (χ0n) is 18.0. The second-order valence-corrected chi connectivity index (χ2v) is 10.4. The Bertz CT molecular complexity index is 1210. The number of halogens is 1. The number of sulfonamides is 1. The summed E-state index contributed by atoms with van der Waals surface area (Å²) >= 11 is 1.31. The molecule has 7 nitrogen and oxygen atoms in total. The molecule has 10 heteroatoms. The number of nitrogens with zero attached hydrogens (tertiary/aromatic N) is 2. The van der Waals surface area contributed by atoms with Gasteiger partial charge in [0.15, 0.2) is 5.13 Å². The van der Waals surface area contributed by atoms with Crippen molar-refractivity contribution in [3.8, 4) is 17.0 Å². The first kappa shape index (κ1) is 23.3. The molecule has 2 heterocycles. The topological polar surface area (TPSA) is 88.6 Å². The van der Waals surface area contributed by atoms with E-state index in [9.17, 15) is 17.6 Å². The van der Waals surface area contributed by atoms with Crippen LogP contribution in [0.2, 0.25) is 0 Å². The summed E-state index contributed by atoms with van der Waals surface area (Å²) in [6.07, 6.45) is 1.15. The van der Waals surface area contributed by atoms with E-state index in [1.54, 1.807) is 0 Å². The number of aromatic nitrogens is 1. The van der Waals surface area contributed by atoms with Gasteiger partial charge >= 0.3 is 0 Å². The summed E-state index contributed by atoms with van der Waals surface area (Å²) in [6.45, 7) is 2.91. The summed E-state index contributed by atoms with van der Waals surface area (Å²) in [5, 5.41) is 5.14. The molecule has 33 heavy (non-hydrogen) atoms. The Labute approximate surface area is 196 Å². The number of ether oxygens (including phenoxy) is 1. The van der Waals surface area contributed by atoms with Crippen LogP contribution in [0.25, 0.3) is 11.3 Å². The minimum Gasteiger partial charge on any atom is -0.494 e. The maximum absolute atomic E-state index is 13.2. The van der Waals surface area contributed by atoms with Crippen LogP contribution in [-0.2, 0) is 14.8 Å². The highest BCUT2D eigenvalue weighted by Gasteiger charge is 2.33. The Morgan fingerprint density at radius 2 is 1.94 bits per heavy atom. The van der Waals surface area contributed by atoms with Gasteiger partial charge in [0, 0.05) is 24.0 Å². The second kappa shape index (κ2) is 9.98. The molecule has 0 radical (unpaired) electrons. The summed E-state index contributed by atoms with van der Waals surface area (Å²) in [5.41, 5.74) is 1.65. The van der Waals surface area contributed by atoms with Crippen LogP contribution in [0.15, 0.2) is 58.8 Å². The fraction of sp³-hybridized carbons (Fsp3) is 0.304. The number of anilines is 1. The zero-order chi connectivity index (χ0) is 23.4. The lowest BCUT2D eigenvalue weighted by molar-refractivity contribution is -0.120. The predicted molar refractivity (Wildman–Crippen MR) is 125 cm³/mol. The predicted octanol–water partition coefficient (Wildman–Crippen LogP) is 4.39. The van der Waals surface area contributed by atoms with Crippen molar-refractivity contribution in [2.75, 3.05) is 25.0 Å². The van der Waals surface area contributed by atoms with Gasteiger partial charge in [0.2, 0.25) is 15.9 Å². The lowest BCUT2D eigenvalue weighted by Gasteiger charge is -2.31. The first-order valence-electron chi connectivity index (χ1n) is 10.6. The summed E-state index contributed by atoms with van der Waals surface area (Å²) in [4.78, 5) is 17.4. The molecular formula is C23H24FN3O4S2. The van der Waals surface area contributed by atoms with E-state index < -0.39 is 21.8 Å². The Balaban J connectivity index is 1.41. The van der Waals surface area contributed by atoms with Crippen molar-refractivity contribution in [3.63, 3.8) is 0 Å². The van der Waals surface area contributed by atoms with Crippen molar-refractivity contribution in [3.05, 3.63) is 59.7 Å². The highest BCUT2D eigenvalue weighted by Crippen LogP contribution is 2.28. The van der Waals surface area contributed by atoms with Crippen LogP contribution in [0.4, 0.5) is 9.52 Å². The molecule has 1 aliphatic rings. The lowest BCUT2D eigenvalue weighted by Crippen LogP contribution is -2.43. The van der Waals surface area contributed by atoms with Crippen molar-refractivity contribution < 1.29 is 22.3 Å². The van der Waals surface area contributed by atoms with Crippen LogP contribution in [-0.4, -0.2) is 43.3 Å². The van der Waals surface area contributed by atoms with E-state index in [1.165, 1.54) is 27.8 Å². The third-order valence-electron chi connectivity index (χ3n) is 5.40. The van der Waals surface area contributed by atoms with Gasteiger partial charge in [-0.3, -0.25) is 4.79 Å². The monoisotopic (exact) mass is 489 g/mol. The van der Waals surface area contributed by atoms with Crippen LogP contribution in [0.1, 0.15) is 19.8 Å². The number of carbonyl (C=O) groups excluding carboxylic acids is 1. The molecule has 2 aromatic carbocycles. The fourth-order valence-electron chi connectivity index (χ4n) is 3.69. The minimum atomic E-state index is -3.79. The second-order valence-electron chi connectivity index (χ2n) is 7.64. The maximum atomic E-state index is 13.2. The Morgan fingerprint density at radius 3 is 2.64 bits per heavy atom. The SMILES string of the molecule is CCOc1ccc(-c2csc(NC(=O)C3CCCN(S(=O)(=O)c4ccc(F)cc4)C3)n2)cc1. The molecule has 1 amide bonds. The molecule has 0 saturated carbocycles. The van der Waals surface area contributed by atoms with Gasteiger partial charge in [-0.25, -0.2) is 17.8 Å². The van der Waals surface area contributed by atoms with E-state index in [1.807, 2.05) is 36.6 Å². The van der Waals surface area contributed by atoms with Crippen LogP contribution in [0.3, 0.4) is 0 Å². The standard InChI is InChI=1S/C23H24FN3O4S2/c1-2-31-19-9-5-16(6-10-19)21-15-32-23(25-21)26-22(28)17-4-3-13-27(14-17)33(29,30)20-11-7-18(24)8-12-20/h5-12,15,17H,2-4,13-14H2,1H3,(H,25,26,28). The van der Waals surface area contributed by atoms with Gasteiger partial charge < -0.3 is 10.1 Å². The first-order valence-corrected chi connectivity index (χ1v) is 12.9. The van der Waals surface area contributed by atoms with Crippen molar-refractivity contribution in [1.82, 2.24) is 9.29 Å². The van der Waals surface area contributed by atoms with E-state index in [0.29, 0.717) is 31.1 Å². The Hall–Kier alpha value is -2.82. The van der Waals surface area contributed by atoms with Gasteiger partial charge in [-0.15, -0.1) is 11.3 Å². The minimum absolute atomic E-state index is 0.0184. The van der Waals surface area contributed by atoms with Crippen LogP contribution < -0.4 is 10.1 Å². The largest absolute Gasteiger partial charge is 0.494 e. The molecular weight excluding hydrogens is 465 g/mol. The third kappa shape index (κ3) is 5.40. The van der Waals surface area contributed by atoms with E-state index in [2.05, 4.69) is 10.3 Å². The molecule has 3 aromatic rings. The van der Waals surface area contributed by atoms with Crippen molar-refractivity contribution >= 4 is 32.4 Å². The Morgan fingerprint density at radius 1 is 1.21 bits per heavy atom. The first-order chi connectivity index (χ1) is 15.9. The lowest BCUT2D eigenvalue weighted by atomic mass is 9.99. The van der Waals surface area contributed by atoms with E-state index in [4.69, 9.17) is 4.74 Å². The average molecular weight is 490 g/mol. The molecule has 0 aliphatic carbocycles. The number of hydrogen-bond acceptors (Lipinski definition) is 6. The molecule has 1 atom stereocenters. The normalized spacial score (nSPS) is 17.0. The average Bonchev–Trinajstić information content (AvgIpc) is 3.28. The van der Waals surface area contributed by atoms with E-state index in [-0.39, 0.29) is 17.3 Å². The number of rotatable bonds is 7. The molecule has 1 unspecified atom stereocenters. The van der Waals surface area contributed by atoms with Crippen LogP contribution in [0.5, 0.6) is 5.75 Å². The molecule has 1 saturated heterocycles. The number of hydrogen-bond donors (Lipinski definition) is 1. The van der Waals surface area contributed by atoms with Crippen LogP contribution in [0, 0.1) is 11.7 Å². The molecule has 1 fully saturated rings. The molecule has 1 aromatic heterocycles. The molecule has 174 valence electrons. The summed E-state index contributed by atoms with van der Waals surface area (Å²) in [7, 11) is -3.79. The van der Waals surface area contributed by atoms with Crippen molar-refractivity contribution in [1.29, 1.82) is 0 Å². The summed E-state index contributed by atoms with van der Waals surface area (Å²) in [6, 6.07) is 12.3. The van der Waals surface area contributed by atoms with Gasteiger partial charge in [-0.05, 0) is 68.3 Å². The molecule has 1 N–H and O–H groups in total. The van der Waals surface area contributed by atoms with Gasteiger partial charge in [-0.1, -0.05) is 0 Å². The highest BCUT2D eigenvalue weighted by molar-refractivity contribution is 7.89. The highest BCUT2D eigenvalue weighted by atomic mass is 32.2. The molecule has 0 bridgehead atoms. The smallest absolute Gasteiger partial charge is 0.243 e. The van der Waals surface area contributed by atoms with E-state index >= 15 is 0 Å². The fourth-order valence-corrected chi connectivity index (χ4v) is 5.94. The number of nitrogens with one attached hydrogen (secondary N) is 1. The number of carbonyl (C=O) groups is 1. The zero-order valence-corrected chi connectivity index (χ0v) is 19.7. The summed E-state index contributed by atoms with van der Waals surface area (Å²) in [5.74, 6) is -0.478. The quantitative estimate of drug-likeness (QED) is 0.532. The Kier molecular flexibility index (Phi) is 7.06. The number of benzene rings is 2. The number of piperidine rings is 1. The molecule has 4 rings (SSSR count). The maximum Gasteiger partial charge on any atom is 0.243 e. The summed E-state index contributed by atoms with van der Waals surface area (Å²) < 4.78 is 45.7. The van der Waals surface area contributed by atoms with Crippen molar-refractivity contribution in [2.45, 2.75) is 24.7 Å². The van der Waals surface area contributed by atoms with Gasteiger partial charge in [0.25, 0.3) is 0 Å². The van der Waals surface area contributed by atoms with E-state index in [0.717, 1.165) is 29.1 Å². The van der Waals surface area contributed by atoms with Crippen molar-refractivity contribution in [2.24, 2.45) is 5.92 Å². The number of amides is 1. The van der Waals surface area contributed by atoms with Crippen LogP contribution >= 0.6 is 11.3 Å². The molecule has 1 aliphatic heterocycles. The van der Waals surface area contributed by atoms with Gasteiger partial charge in [-0.2, -0.15) is 4.31 Å². The van der Waals surface area contributed by atoms with Gasteiger partial charge in [0.05, 0.1) is 23.1 Å². The van der Waals surface area contributed by atoms with Gasteiger partial charge in [0.1, 0.15) is 11.6 Å².